The van der Waals surface area contributed by atoms with Gasteiger partial charge in [0.25, 0.3) is 0 Å². The van der Waals surface area contributed by atoms with Gasteiger partial charge in [-0.1, -0.05) is 13.0 Å². The third-order valence-corrected chi connectivity index (χ3v) is 1.71. The fraction of sp³-hybridized carbons (Fsp3) is 0.667. The molecule has 0 N–H and O–H groups in total. The summed E-state index contributed by atoms with van der Waals surface area (Å²) in [6.45, 7) is 8.94. The molecule has 0 heterocycles. The van der Waals surface area contributed by atoms with Crippen molar-refractivity contribution in [3.63, 3.8) is 0 Å². The first kappa shape index (κ1) is 10.2. The summed E-state index contributed by atoms with van der Waals surface area (Å²) in [5.74, 6) is -0.226. The van der Waals surface area contributed by atoms with Gasteiger partial charge in [-0.05, 0) is 13.3 Å². The summed E-state index contributed by atoms with van der Waals surface area (Å²) >= 11 is 0. The molecule has 64 valence electrons. The molecule has 0 aromatic heterocycles. The Morgan fingerprint density at radius 2 is 2.27 bits per heavy atom. The molecule has 0 spiro atoms. The second-order valence-corrected chi connectivity index (χ2v) is 2.89. The maximum atomic E-state index is 10.6. The number of hydrogen-bond acceptors (Lipinski definition) is 2. The van der Waals surface area contributed by atoms with Crippen molar-refractivity contribution in [1.29, 1.82) is 0 Å². The summed E-state index contributed by atoms with van der Waals surface area (Å²) in [5.41, 5.74) is -0.354. The fourth-order valence-electron chi connectivity index (χ4n) is 0.910. The van der Waals surface area contributed by atoms with Crippen LogP contribution in [0.25, 0.3) is 0 Å². The van der Waals surface area contributed by atoms with Gasteiger partial charge in [0.05, 0.1) is 0 Å². The second-order valence-electron chi connectivity index (χ2n) is 2.89. The molecule has 0 aromatic carbocycles. The predicted octanol–water partition coefficient (Wildman–Crippen LogP) is 2.29. The molecule has 0 rings (SSSR count). The van der Waals surface area contributed by atoms with Gasteiger partial charge in [0.2, 0.25) is 0 Å². The molecule has 0 bridgehead atoms. The maximum absolute atomic E-state index is 10.6. The Kier molecular flexibility index (Phi) is 3.86. The van der Waals surface area contributed by atoms with Gasteiger partial charge in [-0.3, -0.25) is 4.79 Å². The van der Waals surface area contributed by atoms with E-state index in [4.69, 9.17) is 4.74 Å². The van der Waals surface area contributed by atoms with Crippen LogP contribution in [-0.2, 0) is 9.53 Å². The number of rotatable bonds is 4. The summed E-state index contributed by atoms with van der Waals surface area (Å²) in [7, 11) is 0. The highest BCUT2D eigenvalue weighted by Gasteiger charge is 2.22. The topological polar surface area (TPSA) is 26.3 Å². The summed E-state index contributed by atoms with van der Waals surface area (Å²) in [4.78, 5) is 10.6. The molecule has 0 saturated carbocycles. The van der Waals surface area contributed by atoms with E-state index in [0.29, 0.717) is 6.42 Å². The number of carbonyl (C=O) groups excluding carboxylic acids is 1. The Labute approximate surface area is 68.2 Å². The lowest BCUT2D eigenvalue weighted by atomic mass is 9.99. The molecule has 0 fully saturated rings. The Hall–Kier alpha value is -0.790. The van der Waals surface area contributed by atoms with Crippen LogP contribution in [-0.4, -0.2) is 11.6 Å². The van der Waals surface area contributed by atoms with Gasteiger partial charge in [-0.2, -0.15) is 0 Å². The molecule has 0 aliphatic carbocycles. The summed E-state index contributed by atoms with van der Waals surface area (Å²) in [6, 6.07) is 0. The Morgan fingerprint density at radius 3 is 2.55 bits per heavy atom. The number of carbonyl (C=O) groups is 1. The molecular formula is C9H16O2. The third-order valence-electron chi connectivity index (χ3n) is 1.71. The minimum absolute atomic E-state index is 0.226. The minimum atomic E-state index is -0.354. The van der Waals surface area contributed by atoms with Crippen LogP contribution in [0.3, 0.4) is 0 Å². The zero-order valence-corrected chi connectivity index (χ0v) is 7.52. The average molecular weight is 156 g/mol. The van der Waals surface area contributed by atoms with E-state index in [-0.39, 0.29) is 11.6 Å². The first-order chi connectivity index (χ1) is 5.04. The quantitative estimate of drug-likeness (QED) is 0.461. The van der Waals surface area contributed by atoms with Gasteiger partial charge in [-0.25, -0.2) is 0 Å². The van der Waals surface area contributed by atoms with Gasteiger partial charge in [0, 0.05) is 13.3 Å². The molecule has 0 aliphatic heterocycles. The van der Waals surface area contributed by atoms with Gasteiger partial charge in [0.15, 0.2) is 0 Å². The highest BCUT2D eigenvalue weighted by Crippen LogP contribution is 2.19. The number of hydrogen-bond donors (Lipinski definition) is 0. The molecule has 2 heteroatoms. The van der Waals surface area contributed by atoms with E-state index in [9.17, 15) is 4.79 Å². The van der Waals surface area contributed by atoms with Crippen LogP contribution >= 0.6 is 0 Å². The van der Waals surface area contributed by atoms with Crippen molar-refractivity contribution in [3.8, 4) is 0 Å². The average Bonchev–Trinajstić information content (AvgIpc) is 1.87. The maximum Gasteiger partial charge on any atom is 0.303 e. The van der Waals surface area contributed by atoms with E-state index < -0.39 is 0 Å². The third kappa shape index (κ3) is 3.81. The minimum Gasteiger partial charge on any atom is -0.459 e. The van der Waals surface area contributed by atoms with E-state index in [1.54, 1.807) is 6.08 Å². The lowest BCUT2D eigenvalue weighted by molar-refractivity contribution is -0.155. The van der Waals surface area contributed by atoms with Gasteiger partial charge < -0.3 is 4.74 Å². The van der Waals surface area contributed by atoms with Crippen molar-refractivity contribution in [3.05, 3.63) is 12.7 Å². The summed E-state index contributed by atoms with van der Waals surface area (Å²) < 4.78 is 5.12. The van der Waals surface area contributed by atoms with Crippen molar-refractivity contribution in [2.75, 3.05) is 0 Å². The Morgan fingerprint density at radius 1 is 1.73 bits per heavy atom. The van der Waals surface area contributed by atoms with Crippen LogP contribution in [0.4, 0.5) is 0 Å². The highest BCUT2D eigenvalue weighted by atomic mass is 16.6. The number of ether oxygens (including phenoxy) is 1. The van der Waals surface area contributed by atoms with Gasteiger partial charge >= 0.3 is 5.97 Å². The normalized spacial score (nSPS) is 15.2. The highest BCUT2D eigenvalue weighted by molar-refractivity contribution is 5.66. The van der Waals surface area contributed by atoms with E-state index in [1.807, 2.05) is 13.8 Å². The zero-order valence-electron chi connectivity index (χ0n) is 7.52. The Balaban J connectivity index is 4.08. The first-order valence-corrected chi connectivity index (χ1v) is 3.84. The van der Waals surface area contributed by atoms with Crippen LogP contribution in [0, 0.1) is 0 Å². The van der Waals surface area contributed by atoms with Gasteiger partial charge in [-0.15, -0.1) is 6.58 Å². The first-order valence-electron chi connectivity index (χ1n) is 3.84. The smallest absolute Gasteiger partial charge is 0.303 e. The molecule has 1 unspecified atom stereocenters. The molecule has 1 atom stereocenters. The van der Waals surface area contributed by atoms with Crippen LogP contribution in [0.5, 0.6) is 0 Å². The van der Waals surface area contributed by atoms with Crippen molar-refractivity contribution >= 4 is 5.97 Å². The van der Waals surface area contributed by atoms with E-state index in [2.05, 4.69) is 6.58 Å². The zero-order chi connectivity index (χ0) is 8.91. The second kappa shape index (κ2) is 4.16. The molecule has 2 nitrogen and oxygen atoms in total. The van der Waals surface area contributed by atoms with Crippen molar-refractivity contribution in [2.24, 2.45) is 0 Å². The predicted molar refractivity (Wildman–Crippen MR) is 45.3 cm³/mol. The monoisotopic (exact) mass is 156 g/mol. The van der Waals surface area contributed by atoms with Crippen molar-refractivity contribution in [1.82, 2.24) is 0 Å². The molecule has 0 radical (unpaired) electrons. The molecule has 0 amide bonds. The SMILES string of the molecule is C=CCC(C)(CC)OC(C)=O. The molecule has 0 aliphatic rings. The van der Waals surface area contributed by atoms with Gasteiger partial charge in [0.1, 0.15) is 5.60 Å². The van der Waals surface area contributed by atoms with E-state index in [0.717, 1.165) is 6.42 Å². The molecule has 0 aromatic rings. The van der Waals surface area contributed by atoms with Crippen molar-refractivity contribution < 1.29 is 9.53 Å². The van der Waals surface area contributed by atoms with E-state index >= 15 is 0 Å². The standard InChI is InChI=1S/C9H16O2/c1-5-7-9(4,6-2)11-8(3)10/h5H,1,6-7H2,2-4H3. The van der Waals surface area contributed by atoms with Crippen LogP contribution in [0.2, 0.25) is 0 Å². The van der Waals surface area contributed by atoms with E-state index in [1.165, 1.54) is 6.92 Å². The van der Waals surface area contributed by atoms with Crippen LogP contribution in [0.1, 0.15) is 33.6 Å². The number of esters is 1. The molecular weight excluding hydrogens is 140 g/mol. The fourth-order valence-corrected chi connectivity index (χ4v) is 0.910. The largest absolute Gasteiger partial charge is 0.459 e. The summed E-state index contributed by atoms with van der Waals surface area (Å²) in [5, 5.41) is 0. The summed E-state index contributed by atoms with van der Waals surface area (Å²) in [6.07, 6.45) is 3.30. The molecule has 0 saturated heterocycles. The van der Waals surface area contributed by atoms with Crippen LogP contribution in [0.15, 0.2) is 12.7 Å². The lowest BCUT2D eigenvalue weighted by Gasteiger charge is -2.26. The van der Waals surface area contributed by atoms with Crippen molar-refractivity contribution in [2.45, 2.75) is 39.2 Å². The lowest BCUT2D eigenvalue weighted by Crippen LogP contribution is -2.29. The molecule has 11 heavy (non-hydrogen) atoms. The van der Waals surface area contributed by atoms with Crippen LogP contribution < -0.4 is 0 Å². The Bertz CT molecular complexity index is 152.